The third kappa shape index (κ3) is 7.94. The lowest BCUT2D eigenvalue weighted by atomic mass is 9.59. The molecular formula is C50H80O2Si. The van der Waals surface area contributed by atoms with E-state index in [0.717, 1.165) is 46.6 Å². The maximum absolute atomic E-state index is 6.69. The van der Waals surface area contributed by atoms with Crippen molar-refractivity contribution in [2.45, 2.75) is 156 Å². The Kier molecular flexibility index (Phi) is 12.3. The first kappa shape index (κ1) is 41.2. The number of hydrogen-bond donors (Lipinski definition) is 0. The fraction of sp³-hybridized carbons (Fsp3) is 0.760. The van der Waals surface area contributed by atoms with Crippen molar-refractivity contribution in [3.05, 3.63) is 71.8 Å². The molecule has 0 saturated heterocycles. The monoisotopic (exact) mass is 741 g/mol. The molecule has 14 unspecified atom stereocenters. The van der Waals surface area contributed by atoms with Crippen LogP contribution < -0.4 is 0 Å². The fourth-order valence-corrected chi connectivity index (χ4v) is 21.1. The minimum Gasteiger partial charge on any atom is -0.381 e. The molecule has 14 atom stereocenters. The van der Waals surface area contributed by atoms with Crippen LogP contribution in [-0.4, -0.2) is 34.5 Å². The molecule has 0 aliphatic heterocycles. The van der Waals surface area contributed by atoms with E-state index in [-0.39, 0.29) is 23.0 Å². The minimum atomic E-state index is -1.90. The third-order valence-electron chi connectivity index (χ3n) is 16.1. The highest BCUT2D eigenvalue weighted by atomic mass is 28.3. The van der Waals surface area contributed by atoms with Crippen LogP contribution in [0.5, 0.6) is 0 Å². The van der Waals surface area contributed by atoms with Crippen LogP contribution in [0.1, 0.15) is 131 Å². The van der Waals surface area contributed by atoms with Crippen molar-refractivity contribution in [2.75, 3.05) is 14.2 Å². The van der Waals surface area contributed by atoms with Gasteiger partial charge in [0, 0.05) is 26.1 Å². The van der Waals surface area contributed by atoms with Crippen LogP contribution in [0.3, 0.4) is 0 Å². The van der Waals surface area contributed by atoms with Crippen molar-refractivity contribution >= 4 is 8.07 Å². The molecule has 0 radical (unpaired) electrons. The van der Waals surface area contributed by atoms with Crippen LogP contribution in [0.2, 0.25) is 24.2 Å². The van der Waals surface area contributed by atoms with E-state index in [4.69, 9.17) is 9.47 Å². The Morgan fingerprint density at radius 1 is 0.547 bits per heavy atom. The summed E-state index contributed by atoms with van der Waals surface area (Å²) < 4.78 is 13.4. The Hall–Kier alpha value is -1.42. The van der Waals surface area contributed by atoms with Crippen LogP contribution in [0.4, 0.5) is 0 Å². The van der Waals surface area contributed by atoms with E-state index in [0.29, 0.717) is 35.5 Å². The Morgan fingerprint density at radius 3 is 1.17 bits per heavy atom. The van der Waals surface area contributed by atoms with Crippen LogP contribution >= 0.6 is 0 Å². The van der Waals surface area contributed by atoms with E-state index in [9.17, 15) is 0 Å². The highest BCUT2D eigenvalue weighted by Gasteiger charge is 2.65. The van der Waals surface area contributed by atoms with Crippen LogP contribution in [-0.2, 0) is 9.47 Å². The summed E-state index contributed by atoms with van der Waals surface area (Å²) >= 11 is 0. The highest BCUT2D eigenvalue weighted by molar-refractivity contribution is 6.80. The molecular weight excluding hydrogens is 661 g/mol. The van der Waals surface area contributed by atoms with Gasteiger partial charge in [0.15, 0.2) is 0 Å². The molecule has 2 aromatic rings. The van der Waals surface area contributed by atoms with Crippen molar-refractivity contribution in [3.8, 4) is 0 Å². The average Bonchev–Trinajstić information content (AvgIpc) is 3.63. The SMILES string of the molecule is COC1C(c2ccccc2)C2CC(CC(C)C)C([Si](C)(C)C3C(CC(C)C)CC4C3CC(C(C)(C)C)C(OC)C4c3ccccc3)C2CC1C(C)(C)C. The Bertz CT molecular complexity index is 1340. The van der Waals surface area contributed by atoms with Gasteiger partial charge in [-0.05, 0) is 131 Å². The summed E-state index contributed by atoms with van der Waals surface area (Å²) in [5.74, 6) is 8.09. The van der Waals surface area contributed by atoms with E-state index in [1.165, 1.54) is 49.7 Å². The van der Waals surface area contributed by atoms with Crippen LogP contribution in [0.25, 0.3) is 0 Å². The number of rotatable bonds is 10. The van der Waals surface area contributed by atoms with Gasteiger partial charge in [0.1, 0.15) is 0 Å². The van der Waals surface area contributed by atoms with E-state index >= 15 is 0 Å². The first-order valence-corrected chi connectivity index (χ1v) is 25.2. The second-order valence-corrected chi connectivity index (χ2v) is 27.4. The first-order valence-electron chi connectivity index (χ1n) is 22.0. The molecule has 2 aromatic carbocycles. The Labute approximate surface area is 328 Å². The predicted octanol–water partition coefficient (Wildman–Crippen LogP) is 13.8. The number of methoxy groups -OCH3 is 2. The first-order chi connectivity index (χ1) is 24.9. The van der Waals surface area contributed by atoms with E-state index in [1.54, 1.807) is 0 Å². The zero-order chi connectivity index (χ0) is 38.6. The van der Waals surface area contributed by atoms with Gasteiger partial charge in [0.05, 0.1) is 20.3 Å². The van der Waals surface area contributed by atoms with Gasteiger partial charge in [-0.1, -0.05) is 143 Å². The Balaban J connectivity index is 1.50. The summed E-state index contributed by atoms with van der Waals surface area (Å²) in [7, 11) is 2.15. The van der Waals surface area contributed by atoms with E-state index in [1.807, 2.05) is 14.2 Å². The summed E-state index contributed by atoms with van der Waals surface area (Å²) in [5.41, 5.74) is 5.16. The second kappa shape index (κ2) is 15.8. The minimum absolute atomic E-state index is 0.199. The third-order valence-corrected chi connectivity index (χ3v) is 21.3. The van der Waals surface area contributed by atoms with Gasteiger partial charge >= 0.3 is 0 Å². The lowest BCUT2D eigenvalue weighted by Gasteiger charge is -2.55. The van der Waals surface area contributed by atoms with Gasteiger partial charge in [-0.25, -0.2) is 0 Å². The molecule has 0 N–H and O–H groups in total. The number of hydrogen-bond acceptors (Lipinski definition) is 2. The molecule has 0 aromatic heterocycles. The molecule has 0 bridgehead atoms. The molecule has 0 heterocycles. The molecule has 4 fully saturated rings. The van der Waals surface area contributed by atoms with Crippen molar-refractivity contribution in [1.29, 1.82) is 0 Å². The summed E-state index contributed by atoms with van der Waals surface area (Å²) in [5, 5.41) is 0. The molecule has 0 spiro atoms. The fourth-order valence-electron chi connectivity index (χ4n) is 14.7. The zero-order valence-electron chi connectivity index (χ0n) is 36.6. The quantitative estimate of drug-likeness (QED) is 0.226. The molecule has 53 heavy (non-hydrogen) atoms. The summed E-state index contributed by atoms with van der Waals surface area (Å²) in [6.45, 7) is 31.0. The summed E-state index contributed by atoms with van der Waals surface area (Å²) in [4.78, 5) is 0. The maximum Gasteiger partial charge on any atom is 0.0675 e. The van der Waals surface area contributed by atoms with Crippen molar-refractivity contribution in [2.24, 2.45) is 70.0 Å². The Morgan fingerprint density at radius 2 is 0.887 bits per heavy atom. The van der Waals surface area contributed by atoms with E-state index in [2.05, 4.69) is 143 Å². The van der Waals surface area contributed by atoms with Gasteiger partial charge in [-0.15, -0.1) is 0 Å². The molecule has 3 heteroatoms. The van der Waals surface area contributed by atoms with Crippen LogP contribution in [0.15, 0.2) is 60.7 Å². The molecule has 4 saturated carbocycles. The average molecular weight is 741 g/mol. The lowest BCUT2D eigenvalue weighted by Crippen LogP contribution is -2.53. The van der Waals surface area contributed by atoms with Crippen molar-refractivity contribution in [1.82, 2.24) is 0 Å². The molecule has 6 rings (SSSR count). The van der Waals surface area contributed by atoms with Gasteiger partial charge in [0.25, 0.3) is 0 Å². The van der Waals surface area contributed by atoms with E-state index < -0.39 is 8.07 Å². The van der Waals surface area contributed by atoms with Gasteiger partial charge < -0.3 is 9.47 Å². The molecule has 296 valence electrons. The van der Waals surface area contributed by atoms with Gasteiger partial charge in [-0.3, -0.25) is 0 Å². The number of ether oxygens (including phenoxy) is 2. The second-order valence-electron chi connectivity index (χ2n) is 22.5. The zero-order valence-corrected chi connectivity index (χ0v) is 37.6. The standard InChI is InChI=1S/C50H80O2Si/c1-31(2)25-35-27-37-39(29-41(49(5,6)7)45(51-11)43(37)33-21-17-15-18-22-33)47(35)53(13,14)48-36(26-32(3)4)28-38-40(48)30-42(50(8,9)10)46(52-12)44(38)34-23-19-16-20-24-34/h15-24,31-32,35-48H,25-30H2,1-14H3. The smallest absolute Gasteiger partial charge is 0.0675 e. The predicted molar refractivity (Wildman–Crippen MR) is 229 cm³/mol. The normalized spacial score (nSPS) is 38.0. The lowest BCUT2D eigenvalue weighted by molar-refractivity contribution is -0.0702. The van der Waals surface area contributed by atoms with Crippen LogP contribution in [0, 0.1) is 70.0 Å². The summed E-state index contributed by atoms with van der Waals surface area (Å²) in [6, 6.07) is 23.3. The van der Waals surface area contributed by atoms with Crippen molar-refractivity contribution < 1.29 is 9.47 Å². The van der Waals surface area contributed by atoms with Crippen molar-refractivity contribution in [3.63, 3.8) is 0 Å². The van der Waals surface area contributed by atoms with Gasteiger partial charge in [-0.2, -0.15) is 0 Å². The molecule has 4 aliphatic rings. The molecule has 0 amide bonds. The maximum atomic E-state index is 6.69. The number of fused-ring (bicyclic) bond motifs is 2. The largest absolute Gasteiger partial charge is 0.381 e. The highest BCUT2D eigenvalue weighted by Crippen LogP contribution is 2.71. The van der Waals surface area contributed by atoms with Gasteiger partial charge in [0.2, 0.25) is 0 Å². The molecule has 2 nitrogen and oxygen atoms in total. The number of benzene rings is 2. The summed E-state index contributed by atoms with van der Waals surface area (Å²) in [6.07, 6.45) is 8.76. The topological polar surface area (TPSA) is 18.5 Å². The molecule has 4 aliphatic carbocycles.